The highest BCUT2D eigenvalue weighted by atomic mass is 15.4. The van der Waals surface area contributed by atoms with Crippen LogP contribution in [0.5, 0.6) is 0 Å². The van der Waals surface area contributed by atoms with E-state index in [4.69, 9.17) is 0 Å². The highest BCUT2D eigenvalue weighted by Gasteiger charge is 2.15. The Morgan fingerprint density at radius 3 is 2.71 bits per heavy atom. The molecule has 0 unspecified atom stereocenters. The van der Waals surface area contributed by atoms with Gasteiger partial charge < -0.3 is 20.1 Å². The average Bonchev–Trinajstić information content (AvgIpc) is 3.46. The number of aryl methyl sites for hydroxylation is 1. The summed E-state index contributed by atoms with van der Waals surface area (Å²) in [5.74, 6) is 1.61. The van der Waals surface area contributed by atoms with E-state index in [1.165, 1.54) is 0 Å². The predicted molar refractivity (Wildman–Crippen MR) is 133 cm³/mol. The molecule has 172 valence electrons. The van der Waals surface area contributed by atoms with Gasteiger partial charge in [0.1, 0.15) is 17.0 Å². The minimum absolute atomic E-state index is 0.579. The van der Waals surface area contributed by atoms with Crippen LogP contribution in [0, 0.1) is 0 Å². The summed E-state index contributed by atoms with van der Waals surface area (Å²) in [5, 5.41) is 12.5. The molecule has 10 nitrogen and oxygen atoms in total. The van der Waals surface area contributed by atoms with E-state index < -0.39 is 0 Å². The molecule has 0 spiro atoms. The Kier molecular flexibility index (Phi) is 5.06. The van der Waals surface area contributed by atoms with Gasteiger partial charge in [-0.25, -0.2) is 14.6 Å². The molecule has 4 aromatic heterocycles. The third-order valence-electron chi connectivity index (χ3n) is 6.44. The third kappa shape index (κ3) is 3.81. The summed E-state index contributed by atoms with van der Waals surface area (Å²) in [4.78, 5) is 21.8. The van der Waals surface area contributed by atoms with Crippen LogP contribution in [-0.2, 0) is 13.6 Å². The Hall–Kier alpha value is -4.05. The zero-order valence-corrected chi connectivity index (χ0v) is 19.2. The second-order valence-electron chi connectivity index (χ2n) is 8.74. The Morgan fingerprint density at radius 1 is 1.00 bits per heavy atom. The molecule has 0 atom stereocenters. The molecule has 1 aliphatic heterocycles. The number of nitrogens with zero attached hydrogens (tertiary/aromatic N) is 8. The molecule has 0 bridgehead atoms. The van der Waals surface area contributed by atoms with Crippen LogP contribution in [-0.4, -0.2) is 73.1 Å². The van der Waals surface area contributed by atoms with Crippen molar-refractivity contribution in [3.8, 4) is 11.1 Å². The van der Waals surface area contributed by atoms with Crippen LogP contribution in [0.15, 0.2) is 48.9 Å². The van der Waals surface area contributed by atoms with Gasteiger partial charge in [0.15, 0.2) is 0 Å². The Morgan fingerprint density at radius 2 is 1.88 bits per heavy atom. The molecule has 2 N–H and O–H groups in total. The summed E-state index contributed by atoms with van der Waals surface area (Å²) in [6.45, 7) is 4.78. The molecule has 1 aromatic carbocycles. The maximum absolute atomic E-state index is 4.66. The van der Waals surface area contributed by atoms with Crippen LogP contribution in [0.1, 0.15) is 5.56 Å². The largest absolute Gasteiger partial charge is 0.354 e. The van der Waals surface area contributed by atoms with E-state index >= 15 is 0 Å². The molecule has 1 saturated heterocycles. The number of pyridine rings is 1. The Bertz CT molecular complexity index is 1440. The molecular formula is C24H26N10. The molecule has 34 heavy (non-hydrogen) atoms. The van der Waals surface area contributed by atoms with Crippen LogP contribution in [0.25, 0.3) is 33.2 Å². The van der Waals surface area contributed by atoms with E-state index in [1.807, 2.05) is 37.8 Å². The molecule has 0 amide bonds. The van der Waals surface area contributed by atoms with Gasteiger partial charge in [-0.15, -0.1) is 5.10 Å². The number of anilines is 2. The van der Waals surface area contributed by atoms with Gasteiger partial charge in [0.2, 0.25) is 5.95 Å². The molecule has 6 rings (SSSR count). The van der Waals surface area contributed by atoms with Crippen LogP contribution in [0.4, 0.5) is 11.8 Å². The molecule has 10 heteroatoms. The van der Waals surface area contributed by atoms with Crippen LogP contribution in [0.2, 0.25) is 0 Å². The summed E-state index contributed by atoms with van der Waals surface area (Å²) in [6.07, 6.45) is 5.75. The van der Waals surface area contributed by atoms with Gasteiger partial charge in [0, 0.05) is 69.3 Å². The van der Waals surface area contributed by atoms with Crippen molar-refractivity contribution in [2.45, 2.75) is 6.54 Å². The predicted octanol–water partition coefficient (Wildman–Crippen LogP) is 2.67. The molecule has 1 fully saturated rings. The van der Waals surface area contributed by atoms with Crippen LogP contribution in [0.3, 0.4) is 0 Å². The first-order valence-corrected chi connectivity index (χ1v) is 11.4. The minimum atomic E-state index is 0.579. The van der Waals surface area contributed by atoms with Crippen molar-refractivity contribution in [3.63, 3.8) is 0 Å². The second-order valence-corrected chi connectivity index (χ2v) is 8.74. The first-order chi connectivity index (χ1) is 16.6. The number of piperazine rings is 1. The summed E-state index contributed by atoms with van der Waals surface area (Å²) in [5.41, 5.74) is 5.86. The zero-order chi connectivity index (χ0) is 23.1. The lowest BCUT2D eigenvalue weighted by Crippen LogP contribution is -2.44. The second kappa shape index (κ2) is 8.38. The number of nitrogens with one attached hydrogen (secondary N) is 2. The maximum atomic E-state index is 4.66. The van der Waals surface area contributed by atoms with E-state index in [0.717, 1.165) is 70.8 Å². The molecule has 5 heterocycles. The van der Waals surface area contributed by atoms with Crippen molar-refractivity contribution in [2.24, 2.45) is 7.05 Å². The van der Waals surface area contributed by atoms with E-state index in [9.17, 15) is 0 Å². The highest BCUT2D eigenvalue weighted by Crippen LogP contribution is 2.29. The SMILES string of the molecule is CN1CCN(c2ccc(CNc3ncc4c(-c5ccc6nnn(C)c6c5)c[nH]c4n3)cn2)CC1. The lowest BCUT2D eigenvalue weighted by atomic mass is 10.1. The number of benzene rings is 1. The summed E-state index contributed by atoms with van der Waals surface area (Å²) in [7, 11) is 4.05. The highest BCUT2D eigenvalue weighted by molar-refractivity contribution is 5.95. The fourth-order valence-corrected chi connectivity index (χ4v) is 4.35. The fourth-order valence-electron chi connectivity index (χ4n) is 4.35. The van der Waals surface area contributed by atoms with Crippen molar-refractivity contribution >= 4 is 33.8 Å². The number of aromatic nitrogens is 7. The van der Waals surface area contributed by atoms with Crippen molar-refractivity contribution < 1.29 is 0 Å². The molecule has 0 aliphatic carbocycles. The topological polar surface area (TPSA) is 104 Å². The zero-order valence-electron chi connectivity index (χ0n) is 19.2. The van der Waals surface area contributed by atoms with E-state index in [2.05, 4.69) is 70.6 Å². The normalized spacial score (nSPS) is 14.8. The number of fused-ring (bicyclic) bond motifs is 2. The van der Waals surface area contributed by atoms with Crippen molar-refractivity contribution in [1.29, 1.82) is 0 Å². The number of H-pyrrole nitrogens is 1. The summed E-state index contributed by atoms with van der Waals surface area (Å²) in [6, 6.07) is 10.3. The molecule has 1 aliphatic rings. The first-order valence-electron chi connectivity index (χ1n) is 11.4. The fraction of sp³-hybridized carbons (Fsp3) is 0.292. The standard InChI is InChI=1S/C24H26N10/c1-32-7-9-34(10-8-32)22-6-3-16(12-25-22)13-27-24-28-15-19-18(14-26-23(19)29-24)17-4-5-20-21(11-17)33(2)31-30-20/h3-6,11-12,14-15H,7-10,13H2,1-2H3,(H2,26,27,28,29). The van der Waals surface area contributed by atoms with Gasteiger partial charge in [0.25, 0.3) is 0 Å². The number of rotatable bonds is 5. The number of hydrogen-bond acceptors (Lipinski definition) is 8. The smallest absolute Gasteiger partial charge is 0.224 e. The molecule has 5 aromatic rings. The lowest BCUT2D eigenvalue weighted by Gasteiger charge is -2.33. The lowest BCUT2D eigenvalue weighted by molar-refractivity contribution is 0.312. The van der Waals surface area contributed by atoms with E-state index in [-0.39, 0.29) is 0 Å². The van der Waals surface area contributed by atoms with Gasteiger partial charge >= 0.3 is 0 Å². The van der Waals surface area contributed by atoms with Gasteiger partial charge in [-0.3, -0.25) is 0 Å². The van der Waals surface area contributed by atoms with Crippen molar-refractivity contribution in [3.05, 3.63) is 54.5 Å². The first kappa shape index (κ1) is 20.5. The van der Waals surface area contributed by atoms with Gasteiger partial charge in [-0.05, 0) is 36.4 Å². The Balaban J connectivity index is 1.16. The summed E-state index contributed by atoms with van der Waals surface area (Å²) < 4.78 is 1.78. The average molecular weight is 455 g/mol. The minimum Gasteiger partial charge on any atom is -0.354 e. The third-order valence-corrected chi connectivity index (χ3v) is 6.44. The monoisotopic (exact) mass is 454 g/mol. The Labute approximate surface area is 196 Å². The molecule has 0 radical (unpaired) electrons. The van der Waals surface area contributed by atoms with E-state index in [1.54, 1.807) is 4.68 Å². The van der Waals surface area contributed by atoms with Crippen LogP contribution >= 0.6 is 0 Å². The van der Waals surface area contributed by atoms with E-state index in [0.29, 0.717) is 12.5 Å². The van der Waals surface area contributed by atoms with Gasteiger partial charge in [-0.2, -0.15) is 4.98 Å². The number of hydrogen-bond donors (Lipinski definition) is 2. The van der Waals surface area contributed by atoms with Crippen molar-refractivity contribution in [2.75, 3.05) is 43.4 Å². The van der Waals surface area contributed by atoms with Gasteiger partial charge in [-0.1, -0.05) is 17.3 Å². The number of likely N-dealkylation sites (N-methyl/N-ethyl adjacent to an activating group) is 1. The molecule has 0 saturated carbocycles. The van der Waals surface area contributed by atoms with Crippen molar-refractivity contribution in [1.82, 2.24) is 39.8 Å². The quantitative estimate of drug-likeness (QED) is 0.418. The van der Waals surface area contributed by atoms with Crippen LogP contribution < -0.4 is 10.2 Å². The molecular weight excluding hydrogens is 428 g/mol. The maximum Gasteiger partial charge on any atom is 0.224 e. The number of aromatic amines is 1. The summed E-state index contributed by atoms with van der Waals surface area (Å²) >= 11 is 0. The van der Waals surface area contributed by atoms with Gasteiger partial charge in [0.05, 0.1) is 5.52 Å².